The van der Waals surface area contributed by atoms with E-state index in [-0.39, 0.29) is 0 Å². The number of rotatable bonds is 1. The summed E-state index contributed by atoms with van der Waals surface area (Å²) in [5, 5.41) is 19.2. The first kappa shape index (κ1) is 9.96. The highest BCUT2D eigenvalue weighted by Crippen LogP contribution is 2.22. The molecule has 0 aliphatic carbocycles. The maximum Gasteiger partial charge on any atom is 0.0951 e. The molecule has 1 aliphatic heterocycles. The summed E-state index contributed by atoms with van der Waals surface area (Å²) in [5.74, 6) is 0. The number of aliphatic hydroxyl groups is 2. The molecule has 2 N–H and O–H groups in total. The summed E-state index contributed by atoms with van der Waals surface area (Å²) in [4.78, 5) is 2.18. The largest absolute Gasteiger partial charge is 0.389 e. The molecule has 3 nitrogen and oxygen atoms in total. The number of hydrogen-bond donors (Lipinski definition) is 2. The predicted molar refractivity (Wildman–Crippen MR) is 48.0 cm³/mol. The van der Waals surface area contributed by atoms with Gasteiger partial charge < -0.3 is 10.2 Å². The van der Waals surface area contributed by atoms with Crippen LogP contribution in [0.3, 0.4) is 0 Å². The Balaban J connectivity index is 2.52. The molecule has 0 amide bonds. The predicted octanol–water partition coefficient (Wildman–Crippen LogP) is 0.212. The zero-order valence-electron chi connectivity index (χ0n) is 8.12. The highest BCUT2D eigenvalue weighted by molar-refractivity contribution is 4.90. The third-order valence-electron chi connectivity index (χ3n) is 2.76. The minimum atomic E-state index is -0.884. The molecule has 1 saturated heterocycles. The number of aliphatic hydroxyl groups excluding tert-OH is 1. The molecular formula is C9H19NO2. The van der Waals surface area contributed by atoms with Crippen LogP contribution >= 0.6 is 0 Å². The first-order chi connectivity index (χ1) is 5.43. The van der Waals surface area contributed by atoms with Gasteiger partial charge >= 0.3 is 0 Å². The van der Waals surface area contributed by atoms with Crippen molar-refractivity contribution in [3.8, 4) is 0 Å². The van der Waals surface area contributed by atoms with E-state index >= 15 is 0 Å². The van der Waals surface area contributed by atoms with E-state index < -0.39 is 11.7 Å². The van der Waals surface area contributed by atoms with Crippen molar-refractivity contribution >= 4 is 0 Å². The van der Waals surface area contributed by atoms with Gasteiger partial charge in [-0.1, -0.05) is 0 Å². The van der Waals surface area contributed by atoms with Gasteiger partial charge in [-0.3, -0.25) is 4.90 Å². The Hall–Kier alpha value is -0.120. The van der Waals surface area contributed by atoms with Crippen LogP contribution in [-0.4, -0.2) is 45.9 Å². The Morgan fingerprint density at radius 3 is 2.50 bits per heavy atom. The van der Waals surface area contributed by atoms with E-state index in [4.69, 9.17) is 0 Å². The zero-order chi connectivity index (χ0) is 9.35. The maximum atomic E-state index is 9.67. The fourth-order valence-electron chi connectivity index (χ4n) is 1.52. The number of piperidine rings is 1. The van der Waals surface area contributed by atoms with Crippen molar-refractivity contribution in [2.75, 3.05) is 13.1 Å². The molecule has 12 heavy (non-hydrogen) atoms. The minimum Gasteiger partial charge on any atom is -0.389 e. The summed E-state index contributed by atoms with van der Waals surface area (Å²) in [7, 11) is 0. The van der Waals surface area contributed by atoms with Crippen LogP contribution in [0.15, 0.2) is 0 Å². The lowest BCUT2D eigenvalue weighted by atomic mass is 9.90. The molecule has 2 atom stereocenters. The van der Waals surface area contributed by atoms with Crippen molar-refractivity contribution in [1.82, 2.24) is 4.90 Å². The van der Waals surface area contributed by atoms with Gasteiger partial charge in [-0.05, 0) is 27.2 Å². The zero-order valence-corrected chi connectivity index (χ0v) is 8.12. The molecule has 0 saturated carbocycles. The van der Waals surface area contributed by atoms with Crippen LogP contribution in [0.2, 0.25) is 0 Å². The van der Waals surface area contributed by atoms with Crippen molar-refractivity contribution in [3.05, 3.63) is 0 Å². The first-order valence-electron chi connectivity index (χ1n) is 4.58. The fraction of sp³-hybridized carbons (Fsp3) is 1.00. The third kappa shape index (κ3) is 1.97. The van der Waals surface area contributed by atoms with E-state index in [1.54, 1.807) is 6.92 Å². The van der Waals surface area contributed by atoms with Crippen LogP contribution in [0, 0.1) is 0 Å². The summed E-state index contributed by atoms with van der Waals surface area (Å²) in [6.45, 7) is 7.38. The first-order valence-corrected chi connectivity index (χ1v) is 4.58. The normalized spacial score (nSPS) is 39.0. The Labute approximate surface area is 74.0 Å². The highest BCUT2D eigenvalue weighted by Gasteiger charge is 2.36. The number of hydrogen-bond acceptors (Lipinski definition) is 3. The molecule has 1 aliphatic rings. The Morgan fingerprint density at radius 1 is 1.50 bits per heavy atom. The van der Waals surface area contributed by atoms with Crippen molar-refractivity contribution in [1.29, 1.82) is 0 Å². The molecule has 0 aromatic carbocycles. The van der Waals surface area contributed by atoms with Crippen molar-refractivity contribution < 1.29 is 10.2 Å². The summed E-state index contributed by atoms with van der Waals surface area (Å²) >= 11 is 0. The Kier molecular flexibility index (Phi) is 2.76. The molecule has 0 aromatic heterocycles. The van der Waals surface area contributed by atoms with Crippen molar-refractivity contribution in [2.24, 2.45) is 0 Å². The molecule has 0 aromatic rings. The summed E-state index contributed by atoms with van der Waals surface area (Å²) < 4.78 is 0. The maximum absolute atomic E-state index is 9.67. The SMILES string of the molecule is CC(C)N1CCC(C)(O)C(O)C1. The average molecular weight is 173 g/mol. The lowest BCUT2D eigenvalue weighted by Gasteiger charge is -2.41. The molecule has 1 fully saturated rings. The Bertz CT molecular complexity index is 157. The summed E-state index contributed by atoms with van der Waals surface area (Å²) in [6.07, 6.45) is 0.0560. The molecule has 0 radical (unpaired) electrons. The van der Waals surface area contributed by atoms with Gasteiger partial charge in [0, 0.05) is 19.1 Å². The molecule has 72 valence electrons. The lowest BCUT2D eigenvalue weighted by Crippen LogP contribution is -2.55. The molecule has 0 bridgehead atoms. The van der Waals surface area contributed by atoms with Gasteiger partial charge in [0.25, 0.3) is 0 Å². The third-order valence-corrected chi connectivity index (χ3v) is 2.76. The van der Waals surface area contributed by atoms with Gasteiger partial charge in [-0.25, -0.2) is 0 Å². The van der Waals surface area contributed by atoms with Gasteiger partial charge in [0.05, 0.1) is 11.7 Å². The molecular weight excluding hydrogens is 154 g/mol. The van der Waals surface area contributed by atoms with Crippen LogP contribution in [0.25, 0.3) is 0 Å². The standard InChI is InChI=1S/C9H19NO2/c1-7(2)10-5-4-9(3,12)8(11)6-10/h7-8,11-12H,4-6H2,1-3H3. The van der Waals surface area contributed by atoms with Crippen molar-refractivity contribution in [2.45, 2.75) is 44.9 Å². The number of likely N-dealkylation sites (tertiary alicyclic amines) is 1. The fourth-order valence-corrected chi connectivity index (χ4v) is 1.52. The topological polar surface area (TPSA) is 43.7 Å². The smallest absolute Gasteiger partial charge is 0.0951 e. The van der Waals surface area contributed by atoms with Crippen LogP contribution < -0.4 is 0 Å². The van der Waals surface area contributed by atoms with E-state index in [0.29, 0.717) is 19.0 Å². The second-order valence-electron chi connectivity index (χ2n) is 4.21. The highest BCUT2D eigenvalue weighted by atomic mass is 16.3. The quantitative estimate of drug-likeness (QED) is 0.596. The lowest BCUT2D eigenvalue weighted by molar-refractivity contribution is -0.111. The van der Waals surface area contributed by atoms with Gasteiger partial charge in [0.2, 0.25) is 0 Å². The summed E-state index contributed by atoms with van der Waals surface area (Å²) in [5.41, 5.74) is -0.884. The minimum absolute atomic E-state index is 0.454. The molecule has 0 spiro atoms. The Morgan fingerprint density at radius 2 is 2.08 bits per heavy atom. The molecule has 1 rings (SSSR count). The van der Waals surface area contributed by atoms with Gasteiger partial charge in [-0.2, -0.15) is 0 Å². The van der Waals surface area contributed by atoms with Crippen LogP contribution in [0.1, 0.15) is 27.2 Å². The van der Waals surface area contributed by atoms with Crippen LogP contribution in [0.5, 0.6) is 0 Å². The van der Waals surface area contributed by atoms with E-state index in [2.05, 4.69) is 18.7 Å². The van der Waals surface area contributed by atoms with Crippen LogP contribution in [0.4, 0.5) is 0 Å². The second-order valence-corrected chi connectivity index (χ2v) is 4.21. The molecule has 2 unspecified atom stereocenters. The van der Waals surface area contributed by atoms with Crippen molar-refractivity contribution in [3.63, 3.8) is 0 Å². The van der Waals surface area contributed by atoms with E-state index in [1.165, 1.54) is 0 Å². The van der Waals surface area contributed by atoms with E-state index in [1.807, 2.05) is 0 Å². The summed E-state index contributed by atoms with van der Waals surface area (Å²) in [6, 6.07) is 0.454. The van der Waals surface area contributed by atoms with Gasteiger partial charge in [0.15, 0.2) is 0 Å². The van der Waals surface area contributed by atoms with Gasteiger partial charge in [0.1, 0.15) is 0 Å². The monoisotopic (exact) mass is 173 g/mol. The van der Waals surface area contributed by atoms with E-state index in [9.17, 15) is 10.2 Å². The van der Waals surface area contributed by atoms with Crippen LogP contribution in [-0.2, 0) is 0 Å². The molecule has 1 heterocycles. The van der Waals surface area contributed by atoms with E-state index in [0.717, 1.165) is 6.54 Å². The number of β-amino-alcohol motifs (C(OH)–C–C–N with tert-alkyl or cyclic N) is 1. The van der Waals surface area contributed by atoms with Gasteiger partial charge in [-0.15, -0.1) is 0 Å². The molecule has 3 heteroatoms. The average Bonchev–Trinajstić information content (AvgIpc) is 1.94. The number of nitrogens with zero attached hydrogens (tertiary/aromatic N) is 1. The second kappa shape index (κ2) is 3.32.